The Kier molecular flexibility index (Phi) is 7.65. The number of nitrogens with one attached hydrogen (secondary N) is 1. The van der Waals surface area contributed by atoms with Gasteiger partial charge in [-0.15, -0.1) is 0 Å². The van der Waals surface area contributed by atoms with E-state index >= 15 is 0 Å². The zero-order valence-corrected chi connectivity index (χ0v) is 20.4. The number of benzene rings is 3. The third-order valence-corrected chi connectivity index (χ3v) is 5.45. The normalized spacial score (nSPS) is 10.5. The minimum Gasteiger partial charge on any atom is -0.497 e. The van der Waals surface area contributed by atoms with Crippen molar-refractivity contribution in [2.75, 3.05) is 26.1 Å². The predicted octanol–water partition coefficient (Wildman–Crippen LogP) is 4.91. The van der Waals surface area contributed by atoms with E-state index in [9.17, 15) is 9.59 Å². The van der Waals surface area contributed by atoms with Crippen LogP contribution in [0.2, 0.25) is 0 Å². The van der Waals surface area contributed by atoms with Crippen LogP contribution < -0.4 is 14.8 Å². The van der Waals surface area contributed by atoms with Gasteiger partial charge in [-0.3, -0.25) is 4.79 Å². The van der Waals surface area contributed by atoms with Gasteiger partial charge in [0.1, 0.15) is 11.5 Å². The van der Waals surface area contributed by atoms with E-state index in [4.69, 9.17) is 14.2 Å². The van der Waals surface area contributed by atoms with Gasteiger partial charge in [0.15, 0.2) is 5.69 Å². The molecule has 1 N–H and O–H groups in total. The fraction of sp³-hybridized carbons (Fsp3) is 0.179. The summed E-state index contributed by atoms with van der Waals surface area (Å²) in [5.74, 6) is 0.746. The van der Waals surface area contributed by atoms with E-state index in [1.54, 1.807) is 31.9 Å². The Bertz CT molecular complexity index is 1360. The van der Waals surface area contributed by atoms with Crippen LogP contribution in [0.15, 0.2) is 78.9 Å². The largest absolute Gasteiger partial charge is 0.497 e. The van der Waals surface area contributed by atoms with Crippen LogP contribution in [-0.2, 0) is 16.0 Å². The molecule has 36 heavy (non-hydrogen) atoms. The molecule has 4 rings (SSSR count). The maximum Gasteiger partial charge on any atom is 0.358 e. The third kappa shape index (κ3) is 5.72. The molecule has 0 fully saturated rings. The summed E-state index contributed by atoms with van der Waals surface area (Å²) >= 11 is 0. The van der Waals surface area contributed by atoms with Gasteiger partial charge in [0, 0.05) is 11.3 Å². The van der Waals surface area contributed by atoms with Crippen molar-refractivity contribution in [2.45, 2.75) is 13.3 Å². The number of nitrogens with zero attached hydrogens (tertiary/aromatic N) is 2. The Labute approximate surface area is 209 Å². The summed E-state index contributed by atoms with van der Waals surface area (Å²) in [5.41, 5.74) is 3.85. The van der Waals surface area contributed by atoms with Crippen LogP contribution in [0.3, 0.4) is 0 Å². The molecule has 0 bridgehead atoms. The van der Waals surface area contributed by atoms with Crippen LogP contribution in [0.1, 0.15) is 23.0 Å². The van der Waals surface area contributed by atoms with Crippen molar-refractivity contribution in [1.29, 1.82) is 0 Å². The van der Waals surface area contributed by atoms with Crippen LogP contribution >= 0.6 is 0 Å². The number of amides is 1. The molecule has 0 saturated carbocycles. The van der Waals surface area contributed by atoms with Crippen molar-refractivity contribution in [2.24, 2.45) is 0 Å². The quantitative estimate of drug-likeness (QED) is 0.339. The second kappa shape index (κ2) is 11.2. The molecule has 8 heteroatoms. The molecule has 3 aromatic carbocycles. The standard InChI is InChI=1S/C28H27N3O5/c1-4-36-28(33)25-18-26(31(30-25)22-11-13-23(34-2)14-12-22)20-8-6-9-21(17-20)29-27(32)16-19-7-5-10-24(15-19)35-3/h5-15,17-18H,4,16H2,1-3H3,(H,29,32). The first-order valence-electron chi connectivity index (χ1n) is 11.5. The zero-order valence-electron chi connectivity index (χ0n) is 20.4. The Balaban J connectivity index is 1.63. The van der Waals surface area contributed by atoms with Gasteiger partial charge in [0.2, 0.25) is 5.91 Å². The number of carbonyl (C=O) groups excluding carboxylic acids is 2. The highest BCUT2D eigenvalue weighted by Gasteiger charge is 2.18. The van der Waals surface area contributed by atoms with Crippen molar-refractivity contribution in [3.05, 3.63) is 90.1 Å². The molecule has 0 aliphatic carbocycles. The van der Waals surface area contributed by atoms with Crippen molar-refractivity contribution in [3.8, 4) is 28.4 Å². The summed E-state index contributed by atoms with van der Waals surface area (Å²) in [6, 6.07) is 23.8. The Morgan fingerprint density at radius 2 is 1.64 bits per heavy atom. The number of hydrogen-bond acceptors (Lipinski definition) is 6. The maximum atomic E-state index is 12.7. The molecule has 0 spiro atoms. The number of esters is 1. The first-order chi connectivity index (χ1) is 17.5. The molecular weight excluding hydrogens is 458 g/mol. The van der Waals surface area contributed by atoms with Crippen molar-refractivity contribution in [1.82, 2.24) is 9.78 Å². The van der Waals surface area contributed by atoms with Crippen molar-refractivity contribution in [3.63, 3.8) is 0 Å². The Morgan fingerprint density at radius 3 is 2.36 bits per heavy atom. The molecule has 0 atom stereocenters. The van der Waals surface area contributed by atoms with Gasteiger partial charge in [-0.2, -0.15) is 5.10 Å². The van der Waals surface area contributed by atoms with Crippen LogP contribution in [0.4, 0.5) is 5.69 Å². The molecule has 1 aromatic heterocycles. The van der Waals surface area contributed by atoms with Gasteiger partial charge in [-0.05, 0) is 67.1 Å². The van der Waals surface area contributed by atoms with Crippen LogP contribution in [-0.4, -0.2) is 42.5 Å². The van der Waals surface area contributed by atoms with E-state index in [2.05, 4.69) is 10.4 Å². The van der Waals surface area contributed by atoms with Crippen LogP contribution in [0, 0.1) is 0 Å². The Hall–Kier alpha value is -4.59. The first-order valence-corrected chi connectivity index (χ1v) is 11.5. The summed E-state index contributed by atoms with van der Waals surface area (Å²) in [7, 11) is 3.19. The lowest BCUT2D eigenvalue weighted by molar-refractivity contribution is -0.115. The van der Waals surface area contributed by atoms with Gasteiger partial charge in [0.25, 0.3) is 0 Å². The van der Waals surface area contributed by atoms with Crippen LogP contribution in [0.5, 0.6) is 11.5 Å². The predicted molar refractivity (Wildman–Crippen MR) is 137 cm³/mol. The van der Waals surface area contributed by atoms with E-state index < -0.39 is 5.97 Å². The van der Waals surface area contributed by atoms with E-state index in [-0.39, 0.29) is 24.6 Å². The van der Waals surface area contributed by atoms with E-state index in [1.807, 2.05) is 72.8 Å². The van der Waals surface area contributed by atoms with Gasteiger partial charge in [0.05, 0.1) is 38.6 Å². The number of hydrogen-bond donors (Lipinski definition) is 1. The second-order valence-electron chi connectivity index (χ2n) is 7.90. The first kappa shape index (κ1) is 24.5. The number of carbonyl (C=O) groups is 2. The topological polar surface area (TPSA) is 91.7 Å². The molecular formula is C28H27N3O5. The van der Waals surface area contributed by atoms with Gasteiger partial charge < -0.3 is 19.5 Å². The third-order valence-electron chi connectivity index (χ3n) is 5.45. The minimum atomic E-state index is -0.506. The SMILES string of the molecule is CCOC(=O)c1cc(-c2cccc(NC(=O)Cc3cccc(OC)c3)c2)n(-c2ccc(OC)cc2)n1. The summed E-state index contributed by atoms with van der Waals surface area (Å²) in [6.45, 7) is 2.00. The lowest BCUT2D eigenvalue weighted by atomic mass is 10.1. The monoisotopic (exact) mass is 485 g/mol. The maximum absolute atomic E-state index is 12.7. The Morgan fingerprint density at radius 1 is 0.889 bits per heavy atom. The highest BCUT2D eigenvalue weighted by atomic mass is 16.5. The number of rotatable bonds is 9. The van der Waals surface area contributed by atoms with Gasteiger partial charge >= 0.3 is 5.97 Å². The van der Waals surface area contributed by atoms with Gasteiger partial charge in [-0.1, -0.05) is 24.3 Å². The fourth-order valence-corrected chi connectivity index (χ4v) is 3.74. The number of ether oxygens (including phenoxy) is 3. The lowest BCUT2D eigenvalue weighted by Crippen LogP contribution is -2.14. The highest BCUT2D eigenvalue weighted by Crippen LogP contribution is 2.28. The molecule has 0 saturated heterocycles. The minimum absolute atomic E-state index is 0.156. The molecule has 0 aliphatic heterocycles. The molecule has 0 radical (unpaired) electrons. The number of anilines is 1. The molecule has 0 aliphatic rings. The van der Waals surface area contributed by atoms with E-state index in [0.717, 1.165) is 16.8 Å². The van der Waals surface area contributed by atoms with E-state index in [1.165, 1.54) is 0 Å². The van der Waals surface area contributed by atoms with Crippen molar-refractivity contribution >= 4 is 17.6 Å². The summed E-state index contributed by atoms with van der Waals surface area (Å²) in [5, 5.41) is 7.44. The highest BCUT2D eigenvalue weighted by molar-refractivity contribution is 5.93. The van der Waals surface area contributed by atoms with E-state index in [0.29, 0.717) is 22.9 Å². The lowest BCUT2D eigenvalue weighted by Gasteiger charge is -2.11. The fourth-order valence-electron chi connectivity index (χ4n) is 3.74. The number of methoxy groups -OCH3 is 2. The summed E-state index contributed by atoms with van der Waals surface area (Å²) < 4.78 is 17.3. The molecule has 0 unspecified atom stereocenters. The van der Waals surface area contributed by atoms with Crippen molar-refractivity contribution < 1.29 is 23.8 Å². The average molecular weight is 486 g/mol. The average Bonchev–Trinajstić information content (AvgIpc) is 3.35. The summed E-state index contributed by atoms with van der Waals surface area (Å²) in [4.78, 5) is 25.1. The molecule has 1 heterocycles. The molecule has 184 valence electrons. The van der Waals surface area contributed by atoms with Crippen LogP contribution in [0.25, 0.3) is 16.9 Å². The second-order valence-corrected chi connectivity index (χ2v) is 7.90. The summed E-state index contributed by atoms with van der Waals surface area (Å²) in [6.07, 6.45) is 0.207. The van der Waals surface area contributed by atoms with Gasteiger partial charge in [-0.25, -0.2) is 9.48 Å². The molecule has 1 amide bonds. The smallest absolute Gasteiger partial charge is 0.358 e. The molecule has 8 nitrogen and oxygen atoms in total. The zero-order chi connectivity index (χ0) is 25.5. The molecule has 4 aromatic rings. The number of aromatic nitrogens is 2.